The van der Waals surface area contributed by atoms with Crippen LogP contribution in [0.4, 0.5) is 5.69 Å². The Hall–Kier alpha value is -3.39. The number of benzene rings is 2. The SMILES string of the molecule is Cc1ccc(NC(=O)CSc2nnc(-c3cn(Cc4ccccc4)cn3)o2)c(C)c1. The molecule has 8 heteroatoms. The van der Waals surface area contributed by atoms with Crippen molar-refractivity contribution in [3.63, 3.8) is 0 Å². The lowest BCUT2D eigenvalue weighted by Crippen LogP contribution is -2.14. The van der Waals surface area contributed by atoms with Crippen LogP contribution in [0.2, 0.25) is 0 Å². The van der Waals surface area contributed by atoms with E-state index in [1.165, 1.54) is 17.3 Å². The number of nitrogens with zero attached hydrogens (tertiary/aromatic N) is 4. The number of aromatic nitrogens is 4. The first-order valence-electron chi connectivity index (χ1n) is 9.46. The quantitative estimate of drug-likeness (QED) is 0.449. The van der Waals surface area contributed by atoms with Crippen LogP contribution in [0, 0.1) is 13.8 Å². The minimum atomic E-state index is -0.126. The monoisotopic (exact) mass is 419 g/mol. The van der Waals surface area contributed by atoms with Crippen molar-refractivity contribution >= 4 is 23.4 Å². The Morgan fingerprint density at radius 3 is 2.77 bits per heavy atom. The van der Waals surface area contributed by atoms with Crippen LogP contribution in [0.3, 0.4) is 0 Å². The number of thioether (sulfide) groups is 1. The van der Waals surface area contributed by atoms with Gasteiger partial charge in [0, 0.05) is 18.4 Å². The maximum Gasteiger partial charge on any atom is 0.277 e. The molecule has 0 radical (unpaired) electrons. The number of aryl methyl sites for hydroxylation is 2. The number of rotatable bonds is 7. The van der Waals surface area contributed by atoms with E-state index in [9.17, 15) is 4.79 Å². The van der Waals surface area contributed by atoms with E-state index in [0.717, 1.165) is 16.8 Å². The van der Waals surface area contributed by atoms with Crippen LogP contribution in [0.1, 0.15) is 16.7 Å². The summed E-state index contributed by atoms with van der Waals surface area (Å²) in [6.45, 7) is 4.70. The zero-order valence-corrected chi connectivity index (χ0v) is 17.5. The molecule has 0 aliphatic rings. The standard InChI is InChI=1S/C22H21N5O2S/c1-15-8-9-18(16(2)10-15)24-20(28)13-30-22-26-25-21(29-22)19-12-27(14-23-19)11-17-6-4-3-5-7-17/h3-10,12,14H,11,13H2,1-2H3,(H,24,28). The molecule has 7 nitrogen and oxygen atoms in total. The molecule has 4 aromatic rings. The third-order valence-electron chi connectivity index (χ3n) is 4.45. The van der Waals surface area contributed by atoms with Crippen molar-refractivity contribution in [2.75, 3.05) is 11.1 Å². The van der Waals surface area contributed by atoms with Gasteiger partial charge in [-0.05, 0) is 31.0 Å². The Kier molecular flexibility index (Phi) is 5.94. The molecule has 2 aromatic carbocycles. The first-order valence-corrected chi connectivity index (χ1v) is 10.4. The molecule has 152 valence electrons. The molecule has 0 aliphatic carbocycles. The molecule has 2 heterocycles. The molecule has 1 N–H and O–H groups in total. The Bertz CT molecular complexity index is 1150. The smallest absolute Gasteiger partial charge is 0.277 e. The second-order valence-corrected chi connectivity index (χ2v) is 7.87. The molecule has 0 saturated carbocycles. The maximum absolute atomic E-state index is 12.2. The molecule has 1 amide bonds. The highest BCUT2D eigenvalue weighted by Gasteiger charge is 2.14. The summed E-state index contributed by atoms with van der Waals surface area (Å²) in [6, 6.07) is 16.0. The van der Waals surface area contributed by atoms with Gasteiger partial charge < -0.3 is 14.3 Å². The summed E-state index contributed by atoms with van der Waals surface area (Å²) in [5, 5.41) is 11.3. The molecule has 30 heavy (non-hydrogen) atoms. The average Bonchev–Trinajstić information content (AvgIpc) is 3.39. The number of anilines is 1. The highest BCUT2D eigenvalue weighted by atomic mass is 32.2. The number of hydrogen-bond donors (Lipinski definition) is 1. The lowest BCUT2D eigenvalue weighted by molar-refractivity contribution is -0.113. The first-order chi connectivity index (χ1) is 14.6. The molecule has 0 aliphatic heterocycles. The van der Waals surface area contributed by atoms with Crippen LogP contribution in [-0.4, -0.2) is 31.4 Å². The predicted octanol–water partition coefficient (Wildman–Crippen LogP) is 4.33. The van der Waals surface area contributed by atoms with Gasteiger partial charge in [0.15, 0.2) is 0 Å². The molecule has 0 unspecified atom stereocenters. The number of nitrogens with one attached hydrogen (secondary N) is 1. The second kappa shape index (κ2) is 8.96. The van der Waals surface area contributed by atoms with Crippen LogP contribution >= 0.6 is 11.8 Å². The molecule has 0 atom stereocenters. The van der Waals surface area contributed by atoms with Gasteiger partial charge in [-0.1, -0.05) is 59.8 Å². The van der Waals surface area contributed by atoms with Gasteiger partial charge >= 0.3 is 0 Å². The van der Waals surface area contributed by atoms with E-state index in [-0.39, 0.29) is 11.7 Å². The zero-order chi connectivity index (χ0) is 20.9. The van der Waals surface area contributed by atoms with Crippen LogP contribution in [-0.2, 0) is 11.3 Å². The Morgan fingerprint density at radius 2 is 1.97 bits per heavy atom. The fourth-order valence-electron chi connectivity index (χ4n) is 2.99. The molecule has 0 bridgehead atoms. The molecular weight excluding hydrogens is 398 g/mol. The van der Waals surface area contributed by atoms with Gasteiger partial charge in [0.1, 0.15) is 5.69 Å². The third kappa shape index (κ3) is 4.96. The van der Waals surface area contributed by atoms with Gasteiger partial charge in [-0.2, -0.15) is 0 Å². The van der Waals surface area contributed by atoms with Crippen molar-refractivity contribution in [3.8, 4) is 11.6 Å². The van der Waals surface area contributed by atoms with Crippen LogP contribution in [0.5, 0.6) is 0 Å². The van der Waals surface area contributed by atoms with Gasteiger partial charge in [-0.15, -0.1) is 10.2 Å². The van der Waals surface area contributed by atoms with Gasteiger partial charge in [-0.25, -0.2) is 4.98 Å². The molecule has 0 fully saturated rings. The summed E-state index contributed by atoms with van der Waals surface area (Å²) < 4.78 is 7.62. The molecule has 0 saturated heterocycles. The highest BCUT2D eigenvalue weighted by Crippen LogP contribution is 2.23. The summed E-state index contributed by atoms with van der Waals surface area (Å²) in [7, 11) is 0. The second-order valence-electron chi connectivity index (χ2n) is 6.95. The Balaban J connectivity index is 1.33. The van der Waals surface area contributed by atoms with E-state index in [2.05, 4.69) is 32.6 Å². The summed E-state index contributed by atoms with van der Waals surface area (Å²) in [5.74, 6) is 0.384. The lowest BCUT2D eigenvalue weighted by Gasteiger charge is -2.08. The normalized spacial score (nSPS) is 10.9. The lowest BCUT2D eigenvalue weighted by atomic mass is 10.1. The summed E-state index contributed by atoms with van der Waals surface area (Å²) >= 11 is 1.19. The van der Waals surface area contributed by atoms with E-state index in [1.54, 1.807) is 6.33 Å². The minimum Gasteiger partial charge on any atom is -0.410 e. The fourth-order valence-corrected chi connectivity index (χ4v) is 3.55. The number of carbonyl (C=O) groups excluding carboxylic acids is 1. The van der Waals surface area contributed by atoms with E-state index in [0.29, 0.717) is 23.4 Å². The van der Waals surface area contributed by atoms with Crippen molar-refractivity contribution in [3.05, 3.63) is 77.7 Å². The van der Waals surface area contributed by atoms with Gasteiger partial charge in [-0.3, -0.25) is 4.79 Å². The van der Waals surface area contributed by atoms with Crippen LogP contribution in [0.15, 0.2) is 70.7 Å². The van der Waals surface area contributed by atoms with E-state index in [4.69, 9.17) is 4.42 Å². The van der Waals surface area contributed by atoms with E-state index in [1.807, 2.05) is 61.0 Å². The van der Waals surface area contributed by atoms with Crippen molar-refractivity contribution < 1.29 is 9.21 Å². The highest BCUT2D eigenvalue weighted by molar-refractivity contribution is 7.99. The summed E-state index contributed by atoms with van der Waals surface area (Å²) in [5.41, 5.74) is 4.77. The molecule has 4 rings (SSSR count). The van der Waals surface area contributed by atoms with Crippen LogP contribution < -0.4 is 5.32 Å². The molecular formula is C22H21N5O2S. The minimum absolute atomic E-state index is 0.126. The van der Waals surface area contributed by atoms with Crippen molar-refractivity contribution in [2.24, 2.45) is 0 Å². The molecule has 2 aromatic heterocycles. The van der Waals surface area contributed by atoms with Gasteiger partial charge in [0.2, 0.25) is 5.91 Å². The van der Waals surface area contributed by atoms with Crippen molar-refractivity contribution in [1.29, 1.82) is 0 Å². The number of imidazole rings is 1. The summed E-state index contributed by atoms with van der Waals surface area (Å²) in [4.78, 5) is 16.6. The average molecular weight is 420 g/mol. The predicted molar refractivity (Wildman–Crippen MR) is 116 cm³/mol. The van der Waals surface area contributed by atoms with Crippen molar-refractivity contribution in [1.82, 2.24) is 19.7 Å². The Morgan fingerprint density at radius 1 is 1.13 bits per heavy atom. The maximum atomic E-state index is 12.2. The van der Waals surface area contributed by atoms with E-state index < -0.39 is 0 Å². The van der Waals surface area contributed by atoms with Gasteiger partial charge in [0.25, 0.3) is 11.1 Å². The number of hydrogen-bond acceptors (Lipinski definition) is 6. The number of carbonyl (C=O) groups is 1. The summed E-state index contributed by atoms with van der Waals surface area (Å²) in [6.07, 6.45) is 3.60. The fraction of sp³-hybridized carbons (Fsp3) is 0.182. The first kappa shape index (κ1) is 19.9. The zero-order valence-electron chi connectivity index (χ0n) is 16.7. The van der Waals surface area contributed by atoms with E-state index >= 15 is 0 Å². The topological polar surface area (TPSA) is 85.8 Å². The third-order valence-corrected chi connectivity index (χ3v) is 5.27. The van der Waals surface area contributed by atoms with Crippen LogP contribution in [0.25, 0.3) is 11.6 Å². The number of amides is 1. The van der Waals surface area contributed by atoms with Crippen molar-refractivity contribution in [2.45, 2.75) is 25.6 Å². The Labute approximate surface area is 178 Å². The molecule has 0 spiro atoms. The largest absolute Gasteiger partial charge is 0.410 e. The van der Waals surface area contributed by atoms with Gasteiger partial charge in [0.05, 0.1) is 12.1 Å².